The Balaban J connectivity index is 4.60. The van der Waals surface area contributed by atoms with Crippen molar-refractivity contribution in [3.63, 3.8) is 0 Å². The Morgan fingerprint density at radius 2 is 0.513 bits per heavy atom. The summed E-state index contributed by atoms with van der Waals surface area (Å²) in [5.74, 6) is -1.03. The summed E-state index contributed by atoms with van der Waals surface area (Å²) in [6, 6.07) is 0. The summed E-state index contributed by atoms with van der Waals surface area (Å²) < 4.78 is 16.8. The number of esters is 3. The molecule has 0 aromatic heterocycles. The van der Waals surface area contributed by atoms with E-state index in [-0.39, 0.29) is 44.0 Å². The van der Waals surface area contributed by atoms with Crippen molar-refractivity contribution in [2.24, 2.45) is 0 Å². The fourth-order valence-electron chi connectivity index (χ4n) is 7.84. The normalized spacial score (nSPS) is 13.3. The van der Waals surface area contributed by atoms with E-state index in [0.717, 1.165) is 135 Å². The maximum absolute atomic E-state index is 12.9. The highest BCUT2D eigenvalue weighted by Crippen LogP contribution is 2.13. The number of unbranched alkanes of at least 4 members (excludes halogenated alkanes) is 15. The Morgan fingerprint density at radius 1 is 0.269 bits per heavy atom. The summed E-state index contributed by atoms with van der Waals surface area (Å²) >= 11 is 0. The van der Waals surface area contributed by atoms with Crippen LogP contribution in [-0.4, -0.2) is 37.2 Å². The highest BCUT2D eigenvalue weighted by atomic mass is 16.6. The average molecular weight is 1070 g/mol. The molecular formula is C72H112O6. The van der Waals surface area contributed by atoms with Crippen LogP contribution in [0, 0.1) is 0 Å². The molecule has 78 heavy (non-hydrogen) atoms. The minimum atomic E-state index is -0.834. The molecule has 0 aromatic carbocycles. The standard InChI is InChI=1S/C72H112O6/c1-4-7-10-13-16-19-22-25-28-31-34-35-36-37-39-41-44-47-50-53-56-59-62-65-71(74)77-68-69(67-76-70(73)64-61-58-55-52-49-46-43-40-33-30-27-24-21-18-15-12-9-6-3)78-72(75)66-63-60-57-54-51-48-45-42-38-32-29-26-23-20-17-14-11-8-5-2/h7-8,10-11,16-17,19-21,24-26,28-30,33-35,37-39,42,44,47-48,51,53,56,69H,4-6,9,12-15,18,22-23,27,31-32,36,40-41,43,45-46,49-50,52,54-55,57-68H2,1-3H3/b10-7-,11-8-,19-16-,20-17-,24-21-,28-25-,29-26-,33-30-,35-34-,39-37-,42-38-,47-44-,51-48-,56-53-. The number of hydrogen-bond acceptors (Lipinski definition) is 6. The fourth-order valence-corrected chi connectivity index (χ4v) is 7.84. The lowest BCUT2D eigenvalue weighted by atomic mass is 10.1. The molecule has 0 bridgehead atoms. The molecule has 0 aliphatic carbocycles. The van der Waals surface area contributed by atoms with Crippen LogP contribution in [-0.2, 0) is 28.6 Å². The Morgan fingerprint density at radius 3 is 0.846 bits per heavy atom. The first kappa shape index (κ1) is 72.8. The highest BCUT2D eigenvalue weighted by Gasteiger charge is 2.19. The van der Waals surface area contributed by atoms with Gasteiger partial charge < -0.3 is 14.2 Å². The van der Waals surface area contributed by atoms with Crippen molar-refractivity contribution >= 4 is 17.9 Å². The minimum absolute atomic E-state index is 0.122. The molecule has 6 heteroatoms. The molecule has 0 radical (unpaired) electrons. The second-order valence-electron chi connectivity index (χ2n) is 19.8. The summed E-state index contributed by atoms with van der Waals surface area (Å²) in [7, 11) is 0. The molecule has 0 rings (SSSR count). The lowest BCUT2D eigenvalue weighted by Crippen LogP contribution is -2.30. The predicted octanol–water partition coefficient (Wildman–Crippen LogP) is 21.5. The maximum atomic E-state index is 12.9. The van der Waals surface area contributed by atoms with Crippen molar-refractivity contribution in [2.75, 3.05) is 13.2 Å². The van der Waals surface area contributed by atoms with Crippen LogP contribution in [0.4, 0.5) is 0 Å². The van der Waals surface area contributed by atoms with Crippen LogP contribution in [0.15, 0.2) is 170 Å². The molecule has 6 nitrogen and oxygen atoms in total. The lowest BCUT2D eigenvalue weighted by molar-refractivity contribution is -0.167. The Kier molecular flexibility index (Phi) is 60.0. The zero-order valence-electron chi connectivity index (χ0n) is 49.9. The lowest BCUT2D eigenvalue weighted by Gasteiger charge is -2.18. The topological polar surface area (TPSA) is 78.9 Å². The Hall–Kier alpha value is -5.23. The molecule has 1 atom stereocenters. The smallest absolute Gasteiger partial charge is 0.306 e. The van der Waals surface area contributed by atoms with Gasteiger partial charge in [-0.3, -0.25) is 14.4 Å². The van der Waals surface area contributed by atoms with Gasteiger partial charge in [-0.15, -0.1) is 0 Å². The van der Waals surface area contributed by atoms with E-state index in [4.69, 9.17) is 14.2 Å². The van der Waals surface area contributed by atoms with Crippen molar-refractivity contribution in [3.05, 3.63) is 170 Å². The molecule has 0 spiro atoms. The average Bonchev–Trinajstić information content (AvgIpc) is 3.44. The number of rotatable bonds is 54. The number of hydrogen-bond donors (Lipinski definition) is 0. The number of carbonyl (C=O) groups is 3. The second kappa shape index (κ2) is 64.3. The SMILES string of the molecule is CC/C=C\C/C=C\C/C=C\C/C=C\C/C=C\C/C=C\C/C=C\CCCC(=O)OCC(COC(=O)CCCCCCCCC/C=C\C/C=C\CCCCCC)OC(=O)CCCCC/C=C\C/C=C\C/C=C\C/C=C\C/C=C\CC. The van der Waals surface area contributed by atoms with Crippen molar-refractivity contribution in [1.82, 2.24) is 0 Å². The van der Waals surface area contributed by atoms with E-state index in [1.165, 1.54) is 57.8 Å². The Bertz CT molecular complexity index is 1810. The third-order valence-corrected chi connectivity index (χ3v) is 12.4. The molecule has 436 valence electrons. The first-order chi connectivity index (χ1) is 38.5. The number of ether oxygens (including phenoxy) is 3. The van der Waals surface area contributed by atoms with E-state index < -0.39 is 6.10 Å². The monoisotopic (exact) mass is 1070 g/mol. The quantitative estimate of drug-likeness (QED) is 0.0261. The molecule has 0 saturated carbocycles. The van der Waals surface area contributed by atoms with E-state index >= 15 is 0 Å². The first-order valence-corrected chi connectivity index (χ1v) is 31.1. The third-order valence-electron chi connectivity index (χ3n) is 12.4. The summed E-state index contributed by atoms with van der Waals surface area (Å²) in [5.41, 5.74) is 0. The van der Waals surface area contributed by atoms with Gasteiger partial charge in [0.1, 0.15) is 13.2 Å². The van der Waals surface area contributed by atoms with Crippen LogP contribution >= 0.6 is 0 Å². The molecule has 0 aromatic rings. The molecule has 1 unspecified atom stereocenters. The van der Waals surface area contributed by atoms with E-state index in [1.807, 2.05) is 0 Å². The molecule has 0 aliphatic heterocycles. The molecule has 0 heterocycles. The highest BCUT2D eigenvalue weighted by molar-refractivity contribution is 5.71. The zero-order valence-corrected chi connectivity index (χ0v) is 49.9. The van der Waals surface area contributed by atoms with Gasteiger partial charge in [-0.2, -0.15) is 0 Å². The van der Waals surface area contributed by atoms with Crippen LogP contribution in [0.1, 0.15) is 245 Å². The van der Waals surface area contributed by atoms with Gasteiger partial charge in [0.2, 0.25) is 0 Å². The van der Waals surface area contributed by atoms with Gasteiger partial charge in [0, 0.05) is 19.3 Å². The molecule has 0 amide bonds. The van der Waals surface area contributed by atoms with Crippen molar-refractivity contribution < 1.29 is 28.6 Å². The molecule has 0 fully saturated rings. The van der Waals surface area contributed by atoms with E-state index in [0.29, 0.717) is 19.3 Å². The van der Waals surface area contributed by atoms with Gasteiger partial charge in [0.05, 0.1) is 0 Å². The van der Waals surface area contributed by atoms with Crippen LogP contribution < -0.4 is 0 Å². The van der Waals surface area contributed by atoms with E-state index in [2.05, 4.69) is 191 Å². The molecular weight excluding hydrogens is 961 g/mol. The van der Waals surface area contributed by atoms with Gasteiger partial charge in [-0.1, -0.05) is 249 Å². The van der Waals surface area contributed by atoms with Gasteiger partial charge in [0.15, 0.2) is 6.10 Å². The number of carbonyl (C=O) groups excluding carboxylic acids is 3. The van der Waals surface area contributed by atoms with Crippen LogP contribution in [0.3, 0.4) is 0 Å². The third kappa shape index (κ3) is 61.6. The Labute approximate surface area is 479 Å². The van der Waals surface area contributed by atoms with Crippen LogP contribution in [0.2, 0.25) is 0 Å². The maximum Gasteiger partial charge on any atom is 0.306 e. The van der Waals surface area contributed by atoms with Gasteiger partial charge >= 0.3 is 17.9 Å². The number of allylic oxidation sites excluding steroid dienone is 28. The molecule has 0 saturated heterocycles. The summed E-state index contributed by atoms with van der Waals surface area (Å²) in [6.07, 6.45) is 94.9. The minimum Gasteiger partial charge on any atom is -0.462 e. The van der Waals surface area contributed by atoms with Crippen molar-refractivity contribution in [2.45, 2.75) is 252 Å². The predicted molar refractivity (Wildman–Crippen MR) is 338 cm³/mol. The van der Waals surface area contributed by atoms with Crippen LogP contribution in [0.25, 0.3) is 0 Å². The van der Waals surface area contributed by atoms with Crippen molar-refractivity contribution in [1.29, 1.82) is 0 Å². The van der Waals surface area contributed by atoms with E-state index in [9.17, 15) is 14.4 Å². The zero-order chi connectivity index (χ0) is 56.4. The molecule has 0 aliphatic rings. The second-order valence-corrected chi connectivity index (χ2v) is 19.8. The largest absolute Gasteiger partial charge is 0.462 e. The van der Waals surface area contributed by atoms with Gasteiger partial charge in [-0.05, 0) is 148 Å². The van der Waals surface area contributed by atoms with Gasteiger partial charge in [0.25, 0.3) is 0 Å². The van der Waals surface area contributed by atoms with E-state index in [1.54, 1.807) is 0 Å². The first-order valence-electron chi connectivity index (χ1n) is 31.1. The summed E-state index contributed by atoms with van der Waals surface area (Å²) in [6.45, 7) is 6.30. The van der Waals surface area contributed by atoms with Crippen LogP contribution in [0.5, 0.6) is 0 Å². The molecule has 0 N–H and O–H groups in total. The van der Waals surface area contributed by atoms with Gasteiger partial charge in [-0.25, -0.2) is 0 Å². The fraction of sp³-hybridized carbons (Fsp3) is 0.569. The summed E-state index contributed by atoms with van der Waals surface area (Å²) in [5, 5.41) is 0. The summed E-state index contributed by atoms with van der Waals surface area (Å²) in [4.78, 5) is 38.3. The van der Waals surface area contributed by atoms with Crippen molar-refractivity contribution in [3.8, 4) is 0 Å².